The number of nitriles is 1. The second-order valence-electron chi connectivity index (χ2n) is 3.79. The SMILES string of the molecule is CC(CCO)NS(=O)(=O)c1ccc(C#N)cc1Cl. The van der Waals surface area contributed by atoms with Crippen molar-refractivity contribution in [2.75, 3.05) is 6.61 Å². The van der Waals surface area contributed by atoms with Gasteiger partial charge in [-0.2, -0.15) is 5.26 Å². The van der Waals surface area contributed by atoms with Crippen LogP contribution in [0.2, 0.25) is 5.02 Å². The number of sulfonamides is 1. The number of aliphatic hydroxyl groups is 1. The van der Waals surface area contributed by atoms with E-state index < -0.39 is 16.1 Å². The monoisotopic (exact) mass is 288 g/mol. The fraction of sp³-hybridized carbons (Fsp3) is 0.364. The molecule has 1 unspecified atom stereocenters. The predicted molar refractivity (Wildman–Crippen MR) is 67.7 cm³/mol. The van der Waals surface area contributed by atoms with Gasteiger partial charge in [-0.05, 0) is 31.5 Å². The largest absolute Gasteiger partial charge is 0.396 e. The van der Waals surface area contributed by atoms with E-state index in [0.717, 1.165) is 0 Å². The lowest BCUT2D eigenvalue weighted by Crippen LogP contribution is -2.33. The van der Waals surface area contributed by atoms with Crippen LogP contribution in [0.15, 0.2) is 23.1 Å². The molecule has 0 bridgehead atoms. The first-order valence-corrected chi connectivity index (χ1v) is 7.09. The van der Waals surface area contributed by atoms with Crippen LogP contribution in [0.4, 0.5) is 0 Å². The average molecular weight is 289 g/mol. The summed E-state index contributed by atoms with van der Waals surface area (Å²) in [6, 6.07) is 5.45. The summed E-state index contributed by atoms with van der Waals surface area (Å²) in [5, 5.41) is 17.4. The molecule has 0 saturated heterocycles. The van der Waals surface area contributed by atoms with Gasteiger partial charge >= 0.3 is 0 Å². The highest BCUT2D eigenvalue weighted by Gasteiger charge is 2.20. The molecule has 1 aromatic rings. The lowest BCUT2D eigenvalue weighted by Gasteiger charge is -2.13. The van der Waals surface area contributed by atoms with E-state index in [-0.39, 0.29) is 16.5 Å². The summed E-state index contributed by atoms with van der Waals surface area (Å²) in [7, 11) is -3.74. The van der Waals surface area contributed by atoms with Crippen LogP contribution in [0.1, 0.15) is 18.9 Å². The molecule has 0 aliphatic carbocycles. The van der Waals surface area contributed by atoms with Crippen molar-refractivity contribution in [1.82, 2.24) is 4.72 Å². The Balaban J connectivity index is 3.03. The van der Waals surface area contributed by atoms with Gasteiger partial charge < -0.3 is 5.11 Å². The molecule has 0 heterocycles. The maximum absolute atomic E-state index is 12.0. The van der Waals surface area contributed by atoms with E-state index >= 15 is 0 Å². The van der Waals surface area contributed by atoms with Crippen LogP contribution in [-0.2, 0) is 10.0 Å². The zero-order valence-corrected chi connectivity index (χ0v) is 11.3. The Kier molecular flexibility index (Phi) is 5.11. The second kappa shape index (κ2) is 6.16. The zero-order chi connectivity index (χ0) is 13.8. The van der Waals surface area contributed by atoms with E-state index in [9.17, 15) is 8.42 Å². The first kappa shape index (κ1) is 14.9. The minimum Gasteiger partial charge on any atom is -0.396 e. The van der Waals surface area contributed by atoms with Gasteiger partial charge in [0.15, 0.2) is 0 Å². The summed E-state index contributed by atoms with van der Waals surface area (Å²) in [6.45, 7) is 1.54. The fourth-order valence-electron chi connectivity index (χ4n) is 1.37. The number of halogens is 1. The molecular weight excluding hydrogens is 276 g/mol. The van der Waals surface area contributed by atoms with E-state index in [1.165, 1.54) is 18.2 Å². The van der Waals surface area contributed by atoms with Crippen LogP contribution in [-0.4, -0.2) is 26.2 Å². The van der Waals surface area contributed by atoms with Gasteiger partial charge in [0.2, 0.25) is 10.0 Å². The Labute approximate surface area is 111 Å². The highest BCUT2D eigenvalue weighted by Crippen LogP contribution is 2.22. The minimum atomic E-state index is -3.74. The standard InChI is InChI=1S/C11H13ClN2O3S/c1-8(4-5-15)14-18(16,17)11-3-2-9(7-13)6-10(11)12/h2-3,6,8,14-15H,4-5H2,1H3. The van der Waals surface area contributed by atoms with Crippen molar-refractivity contribution in [3.63, 3.8) is 0 Å². The van der Waals surface area contributed by atoms with Gasteiger partial charge in [-0.15, -0.1) is 0 Å². The molecule has 18 heavy (non-hydrogen) atoms. The molecule has 1 aromatic carbocycles. The minimum absolute atomic E-state index is 0.00208. The average Bonchev–Trinajstić information content (AvgIpc) is 2.27. The Morgan fingerprint density at radius 1 is 1.56 bits per heavy atom. The van der Waals surface area contributed by atoms with Crippen molar-refractivity contribution >= 4 is 21.6 Å². The van der Waals surface area contributed by atoms with Gasteiger partial charge in [-0.1, -0.05) is 11.6 Å². The summed E-state index contributed by atoms with van der Waals surface area (Å²) in [6.07, 6.45) is 0.313. The Bertz CT molecular complexity index is 566. The molecule has 1 rings (SSSR count). The van der Waals surface area contributed by atoms with Crippen molar-refractivity contribution in [3.8, 4) is 6.07 Å². The van der Waals surface area contributed by atoms with Gasteiger partial charge in [0.1, 0.15) is 4.90 Å². The third-order valence-corrected chi connectivity index (χ3v) is 4.34. The number of nitrogens with zero attached hydrogens (tertiary/aromatic N) is 1. The van der Waals surface area contributed by atoms with E-state index in [2.05, 4.69) is 4.72 Å². The van der Waals surface area contributed by atoms with Gasteiger partial charge in [0, 0.05) is 12.6 Å². The predicted octanol–water partition coefficient (Wildman–Crippen LogP) is 1.26. The lowest BCUT2D eigenvalue weighted by molar-refractivity contribution is 0.275. The first-order chi connectivity index (χ1) is 8.40. The summed E-state index contributed by atoms with van der Waals surface area (Å²) in [5.74, 6) is 0. The summed E-state index contributed by atoms with van der Waals surface area (Å²) >= 11 is 5.83. The summed E-state index contributed by atoms with van der Waals surface area (Å²) in [5.41, 5.74) is 0.294. The van der Waals surface area contributed by atoms with Crippen molar-refractivity contribution in [2.45, 2.75) is 24.3 Å². The lowest BCUT2D eigenvalue weighted by atomic mass is 10.2. The van der Waals surface area contributed by atoms with Crippen LogP contribution >= 0.6 is 11.6 Å². The van der Waals surface area contributed by atoms with E-state index in [1.54, 1.807) is 6.92 Å². The highest BCUT2D eigenvalue weighted by molar-refractivity contribution is 7.89. The van der Waals surface area contributed by atoms with Gasteiger partial charge in [-0.25, -0.2) is 13.1 Å². The van der Waals surface area contributed by atoms with E-state index in [4.69, 9.17) is 22.0 Å². The second-order valence-corrected chi connectivity index (χ2v) is 5.88. The number of hydrogen-bond acceptors (Lipinski definition) is 4. The molecule has 0 aliphatic rings. The quantitative estimate of drug-likeness (QED) is 0.853. The van der Waals surface area contributed by atoms with Crippen molar-refractivity contribution in [1.29, 1.82) is 5.26 Å². The molecular formula is C11H13ClN2O3S. The number of benzene rings is 1. The zero-order valence-electron chi connectivity index (χ0n) is 9.72. The highest BCUT2D eigenvalue weighted by atomic mass is 35.5. The van der Waals surface area contributed by atoms with Crippen molar-refractivity contribution in [2.24, 2.45) is 0 Å². The molecule has 5 nitrogen and oxygen atoms in total. The number of hydrogen-bond donors (Lipinski definition) is 2. The normalized spacial score (nSPS) is 13.0. The van der Waals surface area contributed by atoms with Crippen LogP contribution < -0.4 is 4.72 Å². The van der Waals surface area contributed by atoms with Crippen LogP contribution in [0.5, 0.6) is 0 Å². The fourth-order valence-corrected chi connectivity index (χ4v) is 3.19. The summed E-state index contributed by atoms with van der Waals surface area (Å²) < 4.78 is 26.4. The smallest absolute Gasteiger partial charge is 0.242 e. The maximum atomic E-state index is 12.0. The third-order valence-electron chi connectivity index (χ3n) is 2.27. The van der Waals surface area contributed by atoms with Crippen molar-refractivity contribution in [3.05, 3.63) is 28.8 Å². The Hall–Kier alpha value is -1.13. The van der Waals surface area contributed by atoms with Crippen molar-refractivity contribution < 1.29 is 13.5 Å². The van der Waals surface area contributed by atoms with Crippen LogP contribution in [0, 0.1) is 11.3 Å². The molecule has 98 valence electrons. The van der Waals surface area contributed by atoms with Gasteiger partial charge in [0.25, 0.3) is 0 Å². The van der Waals surface area contributed by atoms with E-state index in [1.807, 2.05) is 6.07 Å². The number of nitrogens with one attached hydrogen (secondary N) is 1. The first-order valence-electron chi connectivity index (χ1n) is 5.23. The molecule has 7 heteroatoms. The number of aliphatic hydroxyl groups excluding tert-OH is 1. The Morgan fingerprint density at radius 3 is 2.72 bits per heavy atom. The molecule has 0 fully saturated rings. The molecule has 0 amide bonds. The topological polar surface area (TPSA) is 90.2 Å². The molecule has 2 N–H and O–H groups in total. The molecule has 0 spiro atoms. The molecule has 0 aromatic heterocycles. The molecule has 0 saturated carbocycles. The van der Waals surface area contributed by atoms with Crippen LogP contribution in [0.3, 0.4) is 0 Å². The Morgan fingerprint density at radius 2 is 2.22 bits per heavy atom. The number of rotatable bonds is 5. The van der Waals surface area contributed by atoms with Crippen LogP contribution in [0.25, 0.3) is 0 Å². The maximum Gasteiger partial charge on any atom is 0.242 e. The summed E-state index contributed by atoms with van der Waals surface area (Å²) in [4.78, 5) is -0.0760. The third kappa shape index (κ3) is 3.68. The molecule has 1 atom stereocenters. The van der Waals surface area contributed by atoms with Gasteiger partial charge in [-0.3, -0.25) is 0 Å². The van der Waals surface area contributed by atoms with E-state index in [0.29, 0.717) is 12.0 Å². The van der Waals surface area contributed by atoms with Gasteiger partial charge in [0.05, 0.1) is 16.7 Å². The molecule has 0 aliphatic heterocycles. The molecule has 0 radical (unpaired) electrons.